The Morgan fingerprint density at radius 1 is 1.50 bits per heavy atom. The largest absolute Gasteiger partial charge is 0.487 e. The molecule has 4 rings (SSSR count). The summed E-state index contributed by atoms with van der Waals surface area (Å²) in [5, 5.41) is 24.1. The maximum absolute atomic E-state index is 10.7. The van der Waals surface area contributed by atoms with Crippen molar-refractivity contribution in [3.63, 3.8) is 0 Å². The zero-order valence-corrected chi connectivity index (χ0v) is 15.3. The van der Waals surface area contributed by atoms with Crippen molar-refractivity contribution in [2.45, 2.75) is 36.4 Å². The number of ether oxygens (including phenoxy) is 1. The second-order valence-electron chi connectivity index (χ2n) is 6.19. The number of nitrogens with one attached hydrogen (secondary N) is 1. The number of rotatable bonds is 2. The topological polar surface area (TPSA) is 65.0 Å². The van der Waals surface area contributed by atoms with Crippen molar-refractivity contribution in [2.75, 3.05) is 24.7 Å². The van der Waals surface area contributed by atoms with Gasteiger partial charge in [-0.2, -0.15) is 0 Å². The van der Waals surface area contributed by atoms with Gasteiger partial charge in [0.25, 0.3) is 0 Å². The van der Waals surface area contributed by atoms with Gasteiger partial charge in [0.2, 0.25) is 0 Å². The van der Waals surface area contributed by atoms with E-state index in [-0.39, 0.29) is 12.6 Å². The van der Waals surface area contributed by atoms with Gasteiger partial charge in [0.1, 0.15) is 27.2 Å². The first kappa shape index (κ1) is 15.5. The number of aliphatic hydroxyl groups excluding tert-OH is 2. The van der Waals surface area contributed by atoms with Gasteiger partial charge in [-0.05, 0) is 34.7 Å². The van der Waals surface area contributed by atoms with Gasteiger partial charge in [0.15, 0.2) is 5.75 Å². The van der Waals surface area contributed by atoms with Crippen molar-refractivity contribution < 1.29 is 14.9 Å². The summed E-state index contributed by atoms with van der Waals surface area (Å²) >= 11 is 9.91. The minimum absolute atomic E-state index is 0.0612. The number of anilines is 1. The number of nitrogens with zero attached hydrogens (tertiary/aromatic N) is 1. The highest BCUT2D eigenvalue weighted by atomic mass is 79.9. The van der Waals surface area contributed by atoms with Crippen LogP contribution in [0.4, 0.5) is 5.69 Å². The van der Waals surface area contributed by atoms with Gasteiger partial charge in [-0.1, -0.05) is 6.42 Å². The van der Waals surface area contributed by atoms with Crippen molar-refractivity contribution >= 4 is 45.6 Å². The molecule has 3 heterocycles. The molecule has 1 aliphatic carbocycles. The Morgan fingerprint density at radius 3 is 2.91 bits per heavy atom. The lowest BCUT2D eigenvalue weighted by molar-refractivity contribution is 0.0708. The predicted octanol–water partition coefficient (Wildman–Crippen LogP) is 2.09. The minimum Gasteiger partial charge on any atom is -0.487 e. The highest BCUT2D eigenvalue weighted by Crippen LogP contribution is 2.55. The van der Waals surface area contributed by atoms with E-state index in [4.69, 9.17) is 17.4 Å². The second kappa shape index (κ2) is 5.53. The highest BCUT2D eigenvalue weighted by molar-refractivity contribution is 9.11. The maximum Gasteiger partial charge on any atom is 0.168 e. The van der Waals surface area contributed by atoms with Crippen molar-refractivity contribution in [3.05, 3.63) is 8.66 Å². The molecule has 0 spiro atoms. The van der Waals surface area contributed by atoms with Crippen LogP contribution in [0.3, 0.4) is 0 Å². The molecule has 0 amide bonds. The van der Waals surface area contributed by atoms with E-state index in [1.807, 2.05) is 0 Å². The van der Waals surface area contributed by atoms with Crippen LogP contribution < -0.4 is 15.0 Å². The third-order valence-electron chi connectivity index (χ3n) is 5.06. The van der Waals surface area contributed by atoms with Gasteiger partial charge in [-0.15, -0.1) is 24.0 Å². The Morgan fingerprint density at radius 2 is 2.27 bits per heavy atom. The van der Waals surface area contributed by atoms with E-state index in [9.17, 15) is 10.2 Å². The van der Waals surface area contributed by atoms with E-state index >= 15 is 0 Å². The molecule has 8 heteroatoms. The van der Waals surface area contributed by atoms with Gasteiger partial charge in [-0.25, -0.2) is 0 Å². The molecule has 1 aromatic heterocycles. The molecular weight excluding hydrogens is 388 g/mol. The molecule has 0 radical (unpaired) electrons. The van der Waals surface area contributed by atoms with E-state index in [1.165, 1.54) is 17.8 Å². The van der Waals surface area contributed by atoms with E-state index in [2.05, 4.69) is 26.1 Å². The summed E-state index contributed by atoms with van der Waals surface area (Å²) in [6, 6.07) is -0.0612. The van der Waals surface area contributed by atoms with Gasteiger partial charge in [0.05, 0.1) is 18.0 Å². The van der Waals surface area contributed by atoms with Crippen LogP contribution in [0.15, 0.2) is 3.79 Å². The van der Waals surface area contributed by atoms with Crippen LogP contribution in [0.25, 0.3) is 0 Å². The normalized spacial score (nSPS) is 34.6. The predicted molar refractivity (Wildman–Crippen MR) is 92.9 cm³/mol. The zero-order valence-electron chi connectivity index (χ0n) is 12.0. The summed E-state index contributed by atoms with van der Waals surface area (Å²) in [6.45, 7) is 1.13. The molecule has 5 nitrogen and oxygen atoms in total. The fourth-order valence-corrected chi connectivity index (χ4v) is 5.95. The molecule has 0 aromatic carbocycles. The van der Waals surface area contributed by atoms with E-state index in [0.717, 1.165) is 32.9 Å². The number of hydrogen-bond donors (Lipinski definition) is 4. The lowest BCUT2D eigenvalue weighted by Gasteiger charge is -2.50. The Balaban J connectivity index is 1.85. The number of aliphatic hydroxyl groups is 2. The third kappa shape index (κ3) is 2.08. The fraction of sp³-hybridized carbons (Fsp3) is 0.714. The zero-order chi connectivity index (χ0) is 15.5. The summed E-state index contributed by atoms with van der Waals surface area (Å²) in [6.07, 6.45) is 2.67. The SMILES string of the molecule is OC[C@]1(S)[C@H](C2CCC2)NC(O)c2sc(Br)c3c2N1CCO3. The number of thiophene rings is 1. The molecular formula is C14H19BrN2O3S2. The molecule has 3 atom stereocenters. The van der Waals surface area contributed by atoms with Gasteiger partial charge in [-0.3, -0.25) is 5.32 Å². The van der Waals surface area contributed by atoms with Gasteiger partial charge in [0, 0.05) is 6.04 Å². The van der Waals surface area contributed by atoms with Gasteiger partial charge < -0.3 is 19.8 Å². The van der Waals surface area contributed by atoms with Crippen LogP contribution in [-0.2, 0) is 0 Å². The first-order valence-corrected chi connectivity index (χ1v) is 9.62. The van der Waals surface area contributed by atoms with E-state index in [1.54, 1.807) is 0 Å². The number of halogens is 1. The first-order chi connectivity index (χ1) is 10.6. The quantitative estimate of drug-likeness (QED) is 0.566. The smallest absolute Gasteiger partial charge is 0.168 e. The summed E-state index contributed by atoms with van der Waals surface area (Å²) in [5.41, 5.74) is 0.869. The molecule has 122 valence electrons. The number of thiol groups is 1. The first-order valence-electron chi connectivity index (χ1n) is 7.56. The Kier molecular flexibility index (Phi) is 3.90. The maximum atomic E-state index is 10.7. The van der Waals surface area contributed by atoms with Crippen LogP contribution in [0.5, 0.6) is 5.75 Å². The Bertz CT molecular complexity index is 595. The summed E-state index contributed by atoms with van der Waals surface area (Å²) in [4.78, 5) is 2.21. The summed E-state index contributed by atoms with van der Waals surface area (Å²) in [5.74, 6) is 1.19. The molecule has 1 fully saturated rings. The molecule has 1 unspecified atom stereocenters. The summed E-state index contributed by atoms with van der Waals surface area (Å²) < 4.78 is 6.66. The van der Waals surface area contributed by atoms with Gasteiger partial charge >= 0.3 is 0 Å². The van der Waals surface area contributed by atoms with Crippen LogP contribution in [0.2, 0.25) is 0 Å². The average molecular weight is 407 g/mol. The standard InChI is InChI=1S/C14H19BrN2O3S2/c15-12-9-8-10(22-12)13(19)16-11(7-2-1-3-7)14(21,6-18)17(8)4-5-20-9/h7,11,13,16,18-19,21H,1-6H2/t11-,13?,14-/m0/s1. The molecule has 2 aliphatic heterocycles. The Hall–Kier alpha value is 0.01000. The van der Waals surface area contributed by atoms with Crippen LogP contribution in [0, 0.1) is 5.92 Å². The lowest BCUT2D eigenvalue weighted by Crippen LogP contribution is -2.64. The molecule has 3 aliphatic rings. The molecule has 0 saturated heterocycles. The van der Waals surface area contributed by atoms with Crippen LogP contribution in [-0.4, -0.2) is 40.9 Å². The molecule has 1 saturated carbocycles. The van der Waals surface area contributed by atoms with E-state index < -0.39 is 11.1 Å². The van der Waals surface area contributed by atoms with Crippen molar-refractivity contribution in [1.29, 1.82) is 0 Å². The highest BCUT2D eigenvalue weighted by Gasteiger charge is 2.52. The van der Waals surface area contributed by atoms with Crippen LogP contribution >= 0.6 is 39.9 Å². The van der Waals surface area contributed by atoms with E-state index in [0.29, 0.717) is 19.1 Å². The molecule has 3 N–H and O–H groups in total. The van der Waals surface area contributed by atoms with Crippen molar-refractivity contribution in [3.8, 4) is 5.75 Å². The molecule has 22 heavy (non-hydrogen) atoms. The molecule has 1 aromatic rings. The minimum atomic E-state index is -0.763. The monoisotopic (exact) mass is 406 g/mol. The number of hydrogen-bond acceptors (Lipinski definition) is 7. The Labute approximate surface area is 147 Å². The van der Waals surface area contributed by atoms with Crippen molar-refractivity contribution in [1.82, 2.24) is 5.32 Å². The average Bonchev–Trinajstić information content (AvgIpc) is 2.77. The third-order valence-corrected chi connectivity index (χ3v) is 7.57. The fourth-order valence-electron chi connectivity index (χ4n) is 3.72. The second-order valence-corrected chi connectivity index (χ2v) is 9.34. The van der Waals surface area contributed by atoms with Crippen LogP contribution in [0.1, 0.15) is 30.4 Å². The lowest BCUT2D eigenvalue weighted by atomic mass is 9.76. The molecule has 0 bridgehead atoms. The van der Waals surface area contributed by atoms with Crippen molar-refractivity contribution in [2.24, 2.45) is 5.92 Å². The summed E-state index contributed by atoms with van der Waals surface area (Å²) in [7, 11) is 0.